The van der Waals surface area contributed by atoms with Crippen molar-refractivity contribution in [1.29, 1.82) is 0 Å². The number of nitro groups is 1. The van der Waals surface area contributed by atoms with Crippen LogP contribution in [0.3, 0.4) is 0 Å². The lowest BCUT2D eigenvalue weighted by Crippen LogP contribution is -2.14. The van der Waals surface area contributed by atoms with Crippen molar-refractivity contribution in [3.63, 3.8) is 0 Å². The zero-order valence-electron chi connectivity index (χ0n) is 16.5. The average molecular weight is 474 g/mol. The van der Waals surface area contributed by atoms with Crippen LogP contribution in [0.25, 0.3) is 16.9 Å². The molecule has 2 aromatic carbocycles. The van der Waals surface area contributed by atoms with Crippen molar-refractivity contribution in [2.75, 3.05) is 11.1 Å². The normalized spacial score (nSPS) is 11.5. The Kier molecular flexibility index (Phi) is 5.96. The number of halogens is 3. The zero-order valence-corrected chi connectivity index (χ0v) is 17.3. The SMILES string of the molecule is O=C(CSc1nnc2ccc(-c3cccc([N+](=O)[O-])c3)nn12)Nc1ccc(C(F)(F)F)cc1. The molecule has 33 heavy (non-hydrogen) atoms. The van der Waals surface area contributed by atoms with Gasteiger partial charge in [0, 0.05) is 23.4 Å². The highest BCUT2D eigenvalue weighted by molar-refractivity contribution is 7.99. The Morgan fingerprint density at radius 3 is 2.55 bits per heavy atom. The van der Waals surface area contributed by atoms with Crippen LogP contribution in [-0.4, -0.2) is 36.4 Å². The van der Waals surface area contributed by atoms with Crippen LogP contribution >= 0.6 is 11.8 Å². The number of nitrogens with zero attached hydrogens (tertiary/aromatic N) is 5. The van der Waals surface area contributed by atoms with E-state index in [2.05, 4.69) is 20.6 Å². The maximum Gasteiger partial charge on any atom is 0.416 e. The van der Waals surface area contributed by atoms with Gasteiger partial charge >= 0.3 is 6.18 Å². The number of hydrogen-bond donors (Lipinski definition) is 1. The Hall–Kier alpha value is -4.00. The monoisotopic (exact) mass is 474 g/mol. The molecule has 0 saturated carbocycles. The molecule has 4 aromatic rings. The predicted octanol–water partition coefficient (Wildman–Crippen LogP) is 4.45. The van der Waals surface area contributed by atoms with Crippen LogP contribution in [0, 0.1) is 10.1 Å². The number of carbonyl (C=O) groups is 1. The molecular weight excluding hydrogens is 461 g/mol. The summed E-state index contributed by atoms with van der Waals surface area (Å²) in [6.45, 7) is 0. The van der Waals surface area contributed by atoms with Gasteiger partial charge in [-0.1, -0.05) is 23.9 Å². The summed E-state index contributed by atoms with van der Waals surface area (Å²) in [5.41, 5.74) is 0.724. The van der Waals surface area contributed by atoms with Gasteiger partial charge in [-0.25, -0.2) is 0 Å². The van der Waals surface area contributed by atoms with Crippen LogP contribution in [0.15, 0.2) is 65.8 Å². The number of nitrogens with one attached hydrogen (secondary N) is 1. The quantitative estimate of drug-likeness (QED) is 0.249. The van der Waals surface area contributed by atoms with E-state index in [-0.39, 0.29) is 17.1 Å². The minimum atomic E-state index is -4.45. The molecule has 9 nitrogen and oxygen atoms in total. The lowest BCUT2D eigenvalue weighted by atomic mass is 10.1. The molecule has 0 saturated heterocycles. The van der Waals surface area contributed by atoms with E-state index >= 15 is 0 Å². The van der Waals surface area contributed by atoms with E-state index in [9.17, 15) is 28.1 Å². The van der Waals surface area contributed by atoms with Gasteiger partial charge < -0.3 is 5.32 Å². The first-order valence-electron chi connectivity index (χ1n) is 9.28. The number of carbonyl (C=O) groups excluding carboxylic acids is 1. The molecule has 1 N–H and O–H groups in total. The molecular formula is C20H13F3N6O3S. The molecule has 2 aromatic heterocycles. The molecule has 0 atom stereocenters. The highest BCUT2D eigenvalue weighted by atomic mass is 32.2. The standard InChI is InChI=1S/C20H13F3N6O3S/c21-20(22,23)13-4-6-14(7-5-13)24-18(30)11-33-19-26-25-17-9-8-16(27-28(17)19)12-2-1-3-15(10-12)29(31)32/h1-10H,11H2,(H,24,30). The minimum absolute atomic E-state index is 0.0762. The molecule has 0 spiro atoms. The smallest absolute Gasteiger partial charge is 0.325 e. The van der Waals surface area contributed by atoms with Crippen LogP contribution in [0.5, 0.6) is 0 Å². The molecule has 0 fully saturated rings. The number of non-ortho nitro benzene ring substituents is 1. The third kappa shape index (κ3) is 5.09. The van der Waals surface area contributed by atoms with E-state index in [1.165, 1.54) is 28.8 Å². The zero-order chi connectivity index (χ0) is 23.6. The van der Waals surface area contributed by atoms with Gasteiger partial charge in [-0.3, -0.25) is 14.9 Å². The average Bonchev–Trinajstić information content (AvgIpc) is 3.20. The molecule has 0 aliphatic heterocycles. The van der Waals surface area contributed by atoms with E-state index in [4.69, 9.17) is 0 Å². The second-order valence-corrected chi connectivity index (χ2v) is 7.63. The summed E-state index contributed by atoms with van der Waals surface area (Å²) in [5, 5.41) is 26.2. The summed E-state index contributed by atoms with van der Waals surface area (Å²) < 4.78 is 39.3. The van der Waals surface area contributed by atoms with E-state index < -0.39 is 22.6 Å². The van der Waals surface area contributed by atoms with Crippen molar-refractivity contribution in [2.24, 2.45) is 0 Å². The second kappa shape index (κ2) is 8.86. The van der Waals surface area contributed by atoms with Crippen molar-refractivity contribution >= 4 is 34.7 Å². The molecule has 0 aliphatic carbocycles. The molecule has 2 heterocycles. The highest BCUT2D eigenvalue weighted by Gasteiger charge is 2.30. The molecule has 168 valence electrons. The highest BCUT2D eigenvalue weighted by Crippen LogP contribution is 2.30. The number of nitro benzene ring substituents is 1. The fourth-order valence-electron chi connectivity index (χ4n) is 2.86. The van der Waals surface area contributed by atoms with Crippen molar-refractivity contribution in [3.8, 4) is 11.3 Å². The summed E-state index contributed by atoms with van der Waals surface area (Å²) in [7, 11) is 0. The van der Waals surface area contributed by atoms with Crippen LogP contribution in [0.4, 0.5) is 24.5 Å². The summed E-state index contributed by atoms with van der Waals surface area (Å²) in [4.78, 5) is 22.7. The number of amides is 1. The first-order chi connectivity index (χ1) is 15.7. The van der Waals surface area contributed by atoms with Gasteiger partial charge in [-0.05, 0) is 36.4 Å². The summed E-state index contributed by atoms with van der Waals surface area (Å²) in [6, 6.07) is 13.4. The van der Waals surface area contributed by atoms with Gasteiger partial charge in [-0.15, -0.1) is 10.2 Å². The van der Waals surface area contributed by atoms with Gasteiger partial charge in [0.15, 0.2) is 5.65 Å². The van der Waals surface area contributed by atoms with Crippen LogP contribution in [-0.2, 0) is 11.0 Å². The molecule has 4 rings (SSSR count). The third-order valence-corrected chi connectivity index (χ3v) is 5.33. The van der Waals surface area contributed by atoms with Crippen LogP contribution in [0.1, 0.15) is 5.56 Å². The number of aromatic nitrogens is 4. The number of fused-ring (bicyclic) bond motifs is 1. The molecule has 13 heteroatoms. The number of rotatable bonds is 6. The van der Waals surface area contributed by atoms with Crippen LogP contribution < -0.4 is 5.32 Å². The Labute approximate surface area is 187 Å². The Morgan fingerprint density at radius 1 is 1.09 bits per heavy atom. The number of alkyl halides is 3. The van der Waals surface area contributed by atoms with Gasteiger partial charge in [0.2, 0.25) is 11.1 Å². The third-order valence-electron chi connectivity index (χ3n) is 4.42. The summed E-state index contributed by atoms with van der Waals surface area (Å²) in [6.07, 6.45) is -4.45. The fraction of sp³-hybridized carbons (Fsp3) is 0.100. The van der Waals surface area contributed by atoms with Crippen LogP contribution in [0.2, 0.25) is 0 Å². The lowest BCUT2D eigenvalue weighted by molar-refractivity contribution is -0.384. The van der Waals surface area contributed by atoms with Gasteiger partial charge in [0.05, 0.1) is 21.9 Å². The number of anilines is 1. The van der Waals surface area contributed by atoms with Gasteiger partial charge in [0.25, 0.3) is 5.69 Å². The maximum absolute atomic E-state index is 12.6. The maximum atomic E-state index is 12.6. The summed E-state index contributed by atoms with van der Waals surface area (Å²) >= 11 is 1.03. The first-order valence-corrected chi connectivity index (χ1v) is 10.3. The minimum Gasteiger partial charge on any atom is -0.325 e. The Balaban J connectivity index is 1.47. The fourth-order valence-corrected chi connectivity index (χ4v) is 3.55. The largest absolute Gasteiger partial charge is 0.416 e. The summed E-state index contributed by atoms with van der Waals surface area (Å²) in [5.74, 6) is -0.545. The number of thioether (sulfide) groups is 1. The molecule has 1 amide bonds. The second-order valence-electron chi connectivity index (χ2n) is 6.69. The van der Waals surface area contributed by atoms with Gasteiger partial charge in [0.1, 0.15) is 0 Å². The molecule has 0 unspecified atom stereocenters. The molecule has 0 aliphatic rings. The molecule has 0 radical (unpaired) electrons. The molecule has 0 bridgehead atoms. The van der Waals surface area contributed by atoms with Crippen molar-refractivity contribution in [2.45, 2.75) is 11.3 Å². The van der Waals surface area contributed by atoms with E-state index in [1.54, 1.807) is 24.3 Å². The first kappa shape index (κ1) is 22.2. The number of hydrogen-bond acceptors (Lipinski definition) is 7. The van der Waals surface area contributed by atoms with E-state index in [0.29, 0.717) is 22.1 Å². The van der Waals surface area contributed by atoms with Gasteiger partial charge in [-0.2, -0.15) is 22.8 Å². The van der Waals surface area contributed by atoms with E-state index in [1.807, 2.05) is 0 Å². The van der Waals surface area contributed by atoms with Crippen molar-refractivity contribution in [3.05, 3.63) is 76.3 Å². The van der Waals surface area contributed by atoms with Crippen molar-refractivity contribution in [1.82, 2.24) is 19.8 Å². The van der Waals surface area contributed by atoms with E-state index in [0.717, 1.165) is 23.9 Å². The Morgan fingerprint density at radius 2 is 1.85 bits per heavy atom. The number of benzene rings is 2. The lowest BCUT2D eigenvalue weighted by Gasteiger charge is -2.08. The predicted molar refractivity (Wildman–Crippen MR) is 114 cm³/mol. The Bertz CT molecular complexity index is 1340. The topological polar surface area (TPSA) is 115 Å². The van der Waals surface area contributed by atoms with Crippen molar-refractivity contribution < 1.29 is 22.9 Å².